The molecule has 170 valence electrons. The Bertz CT molecular complexity index is 573. The van der Waals surface area contributed by atoms with Gasteiger partial charge in [0.2, 0.25) is 10.0 Å². The van der Waals surface area contributed by atoms with E-state index in [2.05, 4.69) is 11.8 Å². The van der Waals surface area contributed by atoms with Gasteiger partial charge < -0.3 is 4.90 Å². The third-order valence-electron chi connectivity index (χ3n) is 6.80. The van der Waals surface area contributed by atoms with Gasteiger partial charge in [0.1, 0.15) is 5.78 Å². The van der Waals surface area contributed by atoms with Gasteiger partial charge in [0, 0.05) is 25.4 Å². The van der Waals surface area contributed by atoms with Gasteiger partial charge in [0.15, 0.2) is 0 Å². The van der Waals surface area contributed by atoms with Crippen molar-refractivity contribution in [2.45, 2.75) is 90.4 Å². The lowest BCUT2D eigenvalue weighted by Crippen LogP contribution is -2.30. The van der Waals surface area contributed by atoms with Crippen LogP contribution in [0.15, 0.2) is 0 Å². The molecule has 1 unspecified atom stereocenters. The summed E-state index contributed by atoms with van der Waals surface area (Å²) in [6.07, 6.45) is 16.5. The number of ketones is 1. The minimum atomic E-state index is -3.19. The first kappa shape index (κ1) is 24.8. The Kier molecular flexibility index (Phi) is 11.2. The van der Waals surface area contributed by atoms with E-state index in [-0.39, 0.29) is 17.6 Å². The number of hydrogen-bond acceptors (Lipinski definition) is 4. The largest absolute Gasteiger partial charge is 0.303 e. The molecule has 2 heterocycles. The molecule has 2 aliphatic heterocycles. The maximum Gasteiger partial charge on any atom is 0.211 e. The van der Waals surface area contributed by atoms with Crippen LogP contribution in [0.4, 0.5) is 0 Å². The second kappa shape index (κ2) is 13.1. The molecule has 2 fully saturated rings. The summed E-state index contributed by atoms with van der Waals surface area (Å²) in [5, 5.41) is 0. The number of carbonyl (C=O) groups is 1. The molecule has 0 aromatic heterocycles. The van der Waals surface area contributed by atoms with Crippen LogP contribution in [-0.2, 0) is 14.8 Å². The Morgan fingerprint density at radius 3 is 2.14 bits per heavy atom. The van der Waals surface area contributed by atoms with Crippen LogP contribution in [0, 0.1) is 11.8 Å². The van der Waals surface area contributed by atoms with Gasteiger partial charge in [-0.2, -0.15) is 0 Å². The summed E-state index contributed by atoms with van der Waals surface area (Å²) in [4.78, 5) is 15.3. The molecule has 0 saturated carbocycles. The van der Waals surface area contributed by atoms with Crippen LogP contribution in [0.2, 0.25) is 0 Å². The molecule has 2 atom stereocenters. The molecule has 2 saturated heterocycles. The maximum atomic E-state index is 12.7. The highest BCUT2D eigenvalue weighted by atomic mass is 32.2. The first-order valence-corrected chi connectivity index (χ1v) is 14.0. The molecule has 5 nitrogen and oxygen atoms in total. The van der Waals surface area contributed by atoms with E-state index < -0.39 is 10.0 Å². The van der Waals surface area contributed by atoms with E-state index in [0.717, 1.165) is 25.7 Å². The molecule has 0 bridgehead atoms. The van der Waals surface area contributed by atoms with Crippen LogP contribution in [0.3, 0.4) is 0 Å². The van der Waals surface area contributed by atoms with E-state index in [4.69, 9.17) is 0 Å². The highest BCUT2D eigenvalue weighted by Gasteiger charge is 2.39. The van der Waals surface area contributed by atoms with Crippen molar-refractivity contribution in [3.05, 3.63) is 0 Å². The number of piperidine rings is 1. The molecular weight excluding hydrogens is 384 g/mol. The van der Waals surface area contributed by atoms with Crippen molar-refractivity contribution in [3.63, 3.8) is 0 Å². The van der Waals surface area contributed by atoms with Crippen molar-refractivity contribution in [1.29, 1.82) is 0 Å². The van der Waals surface area contributed by atoms with E-state index in [0.29, 0.717) is 19.5 Å². The van der Waals surface area contributed by atoms with Crippen molar-refractivity contribution in [3.8, 4) is 0 Å². The minimum Gasteiger partial charge on any atom is -0.303 e. The molecule has 0 aliphatic carbocycles. The summed E-state index contributed by atoms with van der Waals surface area (Å²) >= 11 is 0. The number of carbonyl (C=O) groups excluding carboxylic acids is 1. The molecule has 0 aromatic carbocycles. The SMILES string of the molecule is CCC[C@H]1CN(S(C)(=O)=O)CC1C(=O)CCCCCCCCCN1CCCCC1. The van der Waals surface area contributed by atoms with Gasteiger partial charge in [-0.05, 0) is 57.7 Å². The monoisotopic (exact) mass is 428 g/mol. The third kappa shape index (κ3) is 9.06. The normalized spacial score (nSPS) is 24.2. The molecule has 2 rings (SSSR count). The first-order valence-electron chi connectivity index (χ1n) is 12.1. The Labute approximate surface area is 179 Å². The summed E-state index contributed by atoms with van der Waals surface area (Å²) in [5.41, 5.74) is 0. The number of hydrogen-bond donors (Lipinski definition) is 0. The van der Waals surface area contributed by atoms with Gasteiger partial charge in [0.05, 0.1) is 6.26 Å². The number of likely N-dealkylation sites (tertiary alicyclic amines) is 1. The van der Waals surface area contributed by atoms with E-state index in [1.54, 1.807) is 0 Å². The standard InChI is InChI=1S/C23H44N2O3S/c1-3-14-21-19-25(29(2,27)28)20-22(21)23(26)15-10-7-5-4-6-8-11-16-24-17-12-9-13-18-24/h21-22H,3-20H2,1-2H3/t21-,22?/m0/s1. The van der Waals surface area contributed by atoms with Gasteiger partial charge >= 0.3 is 0 Å². The third-order valence-corrected chi connectivity index (χ3v) is 8.03. The quantitative estimate of drug-likeness (QED) is 0.383. The molecule has 0 radical (unpaired) electrons. The number of nitrogens with zero attached hydrogens (tertiary/aromatic N) is 2. The van der Waals surface area contributed by atoms with Crippen LogP contribution in [0.1, 0.15) is 90.4 Å². The Hall–Kier alpha value is -0.460. The number of sulfonamides is 1. The lowest BCUT2D eigenvalue weighted by atomic mass is 9.86. The summed E-state index contributed by atoms with van der Waals surface area (Å²) < 4.78 is 25.2. The van der Waals surface area contributed by atoms with Gasteiger partial charge in [-0.15, -0.1) is 0 Å². The fraction of sp³-hybridized carbons (Fsp3) is 0.957. The van der Waals surface area contributed by atoms with Gasteiger partial charge in [-0.1, -0.05) is 51.9 Å². The molecule has 6 heteroatoms. The summed E-state index contributed by atoms with van der Waals surface area (Å²) in [5.74, 6) is 0.415. The van der Waals surface area contributed by atoms with Crippen LogP contribution < -0.4 is 0 Å². The predicted molar refractivity (Wildman–Crippen MR) is 121 cm³/mol. The number of unbranched alkanes of at least 4 members (excludes halogenated alkanes) is 6. The second-order valence-electron chi connectivity index (χ2n) is 9.33. The van der Waals surface area contributed by atoms with Gasteiger partial charge in [-0.25, -0.2) is 12.7 Å². The topological polar surface area (TPSA) is 57.7 Å². The predicted octanol–water partition coefficient (Wildman–Crippen LogP) is 4.47. The lowest BCUT2D eigenvalue weighted by Gasteiger charge is -2.26. The first-order chi connectivity index (χ1) is 13.9. The van der Waals surface area contributed by atoms with Crippen LogP contribution in [0.5, 0.6) is 0 Å². The maximum absolute atomic E-state index is 12.7. The summed E-state index contributed by atoms with van der Waals surface area (Å²) in [6.45, 7) is 6.92. The smallest absolute Gasteiger partial charge is 0.211 e. The molecule has 0 aromatic rings. The number of Topliss-reactive ketones (excluding diaryl/α,β-unsaturated/α-hetero) is 1. The highest BCUT2D eigenvalue weighted by molar-refractivity contribution is 7.88. The zero-order valence-electron chi connectivity index (χ0n) is 18.9. The van der Waals surface area contributed by atoms with E-state index in [9.17, 15) is 13.2 Å². The molecular formula is C23H44N2O3S. The van der Waals surface area contributed by atoms with E-state index in [1.165, 1.54) is 81.6 Å². The number of rotatable bonds is 14. The van der Waals surface area contributed by atoms with Crippen molar-refractivity contribution in [1.82, 2.24) is 9.21 Å². The van der Waals surface area contributed by atoms with E-state index >= 15 is 0 Å². The highest BCUT2D eigenvalue weighted by Crippen LogP contribution is 2.31. The fourth-order valence-electron chi connectivity index (χ4n) is 5.02. The zero-order chi connectivity index (χ0) is 21.1. The Morgan fingerprint density at radius 1 is 0.897 bits per heavy atom. The summed E-state index contributed by atoms with van der Waals surface area (Å²) in [7, 11) is -3.19. The van der Waals surface area contributed by atoms with Gasteiger partial charge in [-0.3, -0.25) is 4.79 Å². The van der Waals surface area contributed by atoms with Crippen LogP contribution >= 0.6 is 0 Å². The Balaban J connectivity index is 1.53. The Morgan fingerprint density at radius 2 is 1.52 bits per heavy atom. The van der Waals surface area contributed by atoms with E-state index in [1.807, 2.05) is 0 Å². The zero-order valence-corrected chi connectivity index (χ0v) is 19.7. The van der Waals surface area contributed by atoms with Gasteiger partial charge in [0.25, 0.3) is 0 Å². The average molecular weight is 429 g/mol. The van der Waals surface area contributed by atoms with Crippen LogP contribution in [-0.4, -0.2) is 62.4 Å². The summed E-state index contributed by atoms with van der Waals surface area (Å²) in [6, 6.07) is 0. The second-order valence-corrected chi connectivity index (χ2v) is 11.3. The van der Waals surface area contributed by atoms with Crippen molar-refractivity contribution < 1.29 is 13.2 Å². The fourth-order valence-corrected chi connectivity index (χ4v) is 5.91. The molecule has 0 N–H and O–H groups in total. The molecule has 0 spiro atoms. The molecule has 0 amide bonds. The van der Waals surface area contributed by atoms with Crippen LogP contribution in [0.25, 0.3) is 0 Å². The van der Waals surface area contributed by atoms with Crippen molar-refractivity contribution in [2.75, 3.05) is 39.0 Å². The molecule has 2 aliphatic rings. The minimum absolute atomic E-state index is 0.0838. The average Bonchev–Trinajstić information content (AvgIpc) is 3.12. The molecule has 29 heavy (non-hydrogen) atoms. The van der Waals surface area contributed by atoms with Crippen molar-refractivity contribution >= 4 is 15.8 Å². The lowest BCUT2D eigenvalue weighted by molar-refractivity contribution is -0.123. The van der Waals surface area contributed by atoms with Crippen molar-refractivity contribution in [2.24, 2.45) is 11.8 Å².